The Kier molecular flexibility index (Phi) is 5.72. The smallest absolute Gasteiger partial charge is 0.273 e. The lowest BCUT2D eigenvalue weighted by Crippen LogP contribution is -2.32. The van der Waals surface area contributed by atoms with Gasteiger partial charge in [0.15, 0.2) is 0 Å². The summed E-state index contributed by atoms with van der Waals surface area (Å²) in [6, 6.07) is 14.1. The van der Waals surface area contributed by atoms with E-state index >= 15 is 0 Å². The van der Waals surface area contributed by atoms with Crippen LogP contribution in [0.1, 0.15) is 47.4 Å². The minimum Gasteiger partial charge on any atom is -0.507 e. The lowest BCUT2D eigenvalue weighted by Gasteiger charge is -2.25. The van der Waals surface area contributed by atoms with Crippen LogP contribution < -0.4 is 4.74 Å². The average molecular weight is 407 g/mol. The van der Waals surface area contributed by atoms with Gasteiger partial charge in [-0.15, -0.1) is 0 Å². The highest BCUT2D eigenvalue weighted by atomic mass is 16.5. The third kappa shape index (κ3) is 3.52. The van der Waals surface area contributed by atoms with Crippen molar-refractivity contribution in [2.45, 2.75) is 25.8 Å². The molecule has 0 saturated carbocycles. The van der Waals surface area contributed by atoms with Crippen LogP contribution in [0.2, 0.25) is 0 Å². The number of fused-ring (bicyclic) bond motifs is 1. The van der Waals surface area contributed by atoms with E-state index in [0.717, 1.165) is 24.2 Å². The number of carbonyl (C=O) groups is 1. The molecular formula is C23H25N3O4. The van der Waals surface area contributed by atoms with E-state index in [4.69, 9.17) is 4.74 Å². The number of amides is 1. The van der Waals surface area contributed by atoms with Crippen LogP contribution in [0.15, 0.2) is 48.5 Å². The molecule has 2 heterocycles. The van der Waals surface area contributed by atoms with Crippen LogP contribution in [0.4, 0.5) is 0 Å². The van der Waals surface area contributed by atoms with Crippen molar-refractivity contribution in [3.05, 3.63) is 65.4 Å². The molecule has 2 aromatic carbocycles. The number of nitrogens with zero attached hydrogens (tertiary/aromatic N) is 2. The maximum Gasteiger partial charge on any atom is 0.273 e. The summed E-state index contributed by atoms with van der Waals surface area (Å²) in [7, 11) is 0. The van der Waals surface area contributed by atoms with Gasteiger partial charge in [-0.3, -0.25) is 9.89 Å². The Hall–Kier alpha value is -3.32. The third-order valence-electron chi connectivity index (χ3n) is 5.33. The van der Waals surface area contributed by atoms with E-state index in [2.05, 4.69) is 17.1 Å². The summed E-state index contributed by atoms with van der Waals surface area (Å²) < 4.78 is 5.75. The first-order valence-electron chi connectivity index (χ1n) is 10.2. The average Bonchev–Trinajstić information content (AvgIpc) is 3.29. The van der Waals surface area contributed by atoms with Crippen LogP contribution in [-0.4, -0.2) is 51.0 Å². The summed E-state index contributed by atoms with van der Waals surface area (Å²) in [6.07, 6.45) is 2.06. The molecule has 0 bridgehead atoms. The van der Waals surface area contributed by atoms with Gasteiger partial charge in [0, 0.05) is 17.7 Å². The standard InChI is InChI=1S/C23H25N3O4/c1-2-3-14-30-16-10-8-15(9-11-16)22-19-20(17-6-4-5-7-18(17)28)24-25-21(19)23(29)26(22)12-13-27/h4-11,22,27-28H,2-3,12-14H2,1H3,(H,24,25). The fourth-order valence-electron chi connectivity index (χ4n) is 3.84. The number of hydrogen-bond acceptors (Lipinski definition) is 5. The number of unbranched alkanes of at least 4 members (excludes halogenated alkanes) is 1. The Bertz CT molecular complexity index is 1030. The molecule has 1 aliphatic heterocycles. The van der Waals surface area contributed by atoms with Crippen LogP contribution in [0.5, 0.6) is 11.5 Å². The lowest BCUT2D eigenvalue weighted by atomic mass is 9.95. The number of ether oxygens (including phenoxy) is 1. The number of aliphatic hydroxyl groups excluding tert-OH is 1. The number of aromatic amines is 1. The minimum atomic E-state index is -0.419. The highest BCUT2D eigenvalue weighted by Gasteiger charge is 2.42. The SMILES string of the molecule is CCCCOc1ccc(C2c3c(-c4ccccc4O)n[nH]c3C(=O)N2CCO)cc1. The van der Waals surface area contributed by atoms with E-state index in [0.29, 0.717) is 29.1 Å². The zero-order chi connectivity index (χ0) is 21.1. The van der Waals surface area contributed by atoms with Crippen molar-refractivity contribution < 1.29 is 19.7 Å². The molecule has 0 saturated heterocycles. The van der Waals surface area contributed by atoms with Gasteiger partial charge in [0.2, 0.25) is 0 Å². The third-order valence-corrected chi connectivity index (χ3v) is 5.33. The quantitative estimate of drug-likeness (QED) is 0.497. The van der Waals surface area contributed by atoms with Crippen molar-refractivity contribution in [3.8, 4) is 22.8 Å². The first kappa shape index (κ1) is 20.0. The number of phenolic OH excluding ortho intramolecular Hbond substituents is 1. The number of rotatable bonds is 8. The number of phenols is 1. The van der Waals surface area contributed by atoms with Crippen LogP contribution in [0, 0.1) is 0 Å². The molecule has 1 amide bonds. The fourth-order valence-corrected chi connectivity index (χ4v) is 3.84. The van der Waals surface area contributed by atoms with Crippen molar-refractivity contribution in [1.29, 1.82) is 0 Å². The first-order chi connectivity index (χ1) is 14.7. The number of H-pyrrole nitrogens is 1. The summed E-state index contributed by atoms with van der Waals surface area (Å²) in [5, 5.41) is 27.1. The van der Waals surface area contributed by atoms with Crippen LogP contribution in [-0.2, 0) is 0 Å². The molecular weight excluding hydrogens is 382 g/mol. The van der Waals surface area contributed by atoms with Crippen molar-refractivity contribution >= 4 is 5.91 Å². The molecule has 7 nitrogen and oxygen atoms in total. The summed E-state index contributed by atoms with van der Waals surface area (Å²) in [6.45, 7) is 2.83. The van der Waals surface area contributed by atoms with E-state index in [1.54, 1.807) is 23.1 Å². The number of aromatic hydroxyl groups is 1. The van der Waals surface area contributed by atoms with Crippen molar-refractivity contribution in [3.63, 3.8) is 0 Å². The number of β-amino-alcohol motifs (C(OH)–C–C–N with tert-alkyl or cyclic N) is 1. The Morgan fingerprint density at radius 1 is 1.17 bits per heavy atom. The molecule has 4 rings (SSSR count). The predicted molar refractivity (Wildman–Crippen MR) is 112 cm³/mol. The number of aliphatic hydroxyl groups is 1. The second-order valence-electron chi connectivity index (χ2n) is 7.27. The van der Waals surface area contributed by atoms with E-state index < -0.39 is 6.04 Å². The topological polar surface area (TPSA) is 98.7 Å². The summed E-state index contributed by atoms with van der Waals surface area (Å²) in [4.78, 5) is 14.6. The zero-order valence-corrected chi connectivity index (χ0v) is 16.8. The van der Waals surface area contributed by atoms with E-state index in [1.807, 2.05) is 30.3 Å². The molecule has 30 heavy (non-hydrogen) atoms. The second-order valence-corrected chi connectivity index (χ2v) is 7.27. The summed E-state index contributed by atoms with van der Waals surface area (Å²) in [5.74, 6) is 0.651. The van der Waals surface area contributed by atoms with E-state index in [9.17, 15) is 15.0 Å². The fraction of sp³-hybridized carbons (Fsp3) is 0.304. The van der Waals surface area contributed by atoms with Gasteiger partial charge in [-0.05, 0) is 36.2 Å². The number of aromatic nitrogens is 2. The molecule has 1 aromatic heterocycles. The zero-order valence-electron chi connectivity index (χ0n) is 16.8. The molecule has 7 heteroatoms. The number of carbonyl (C=O) groups excluding carboxylic acids is 1. The van der Waals surface area contributed by atoms with Gasteiger partial charge >= 0.3 is 0 Å². The molecule has 0 radical (unpaired) electrons. The number of benzene rings is 2. The van der Waals surface area contributed by atoms with Gasteiger partial charge in [0.25, 0.3) is 5.91 Å². The molecule has 0 spiro atoms. The molecule has 1 unspecified atom stereocenters. The molecule has 3 aromatic rings. The molecule has 0 aliphatic carbocycles. The van der Waals surface area contributed by atoms with Crippen LogP contribution in [0.3, 0.4) is 0 Å². The Balaban J connectivity index is 1.75. The summed E-state index contributed by atoms with van der Waals surface area (Å²) in [5.41, 5.74) is 3.06. The Morgan fingerprint density at radius 2 is 1.93 bits per heavy atom. The molecule has 3 N–H and O–H groups in total. The van der Waals surface area contributed by atoms with E-state index in [-0.39, 0.29) is 24.8 Å². The highest BCUT2D eigenvalue weighted by molar-refractivity contribution is 6.00. The molecule has 0 fully saturated rings. The monoisotopic (exact) mass is 407 g/mol. The molecule has 1 aliphatic rings. The summed E-state index contributed by atoms with van der Waals surface area (Å²) >= 11 is 0. The predicted octanol–water partition coefficient (Wildman–Crippen LogP) is 3.50. The normalized spacial score (nSPS) is 15.5. The van der Waals surface area contributed by atoms with Gasteiger partial charge in [-0.2, -0.15) is 5.10 Å². The minimum absolute atomic E-state index is 0.0956. The van der Waals surface area contributed by atoms with Gasteiger partial charge < -0.3 is 19.8 Å². The number of nitrogens with one attached hydrogen (secondary N) is 1. The van der Waals surface area contributed by atoms with Gasteiger partial charge in [0.05, 0.1) is 19.3 Å². The maximum absolute atomic E-state index is 13.0. The second kappa shape index (κ2) is 8.59. The largest absolute Gasteiger partial charge is 0.507 e. The lowest BCUT2D eigenvalue weighted by molar-refractivity contribution is 0.0706. The van der Waals surface area contributed by atoms with Crippen molar-refractivity contribution in [2.24, 2.45) is 0 Å². The first-order valence-corrected chi connectivity index (χ1v) is 10.2. The number of para-hydroxylation sites is 1. The number of hydrogen-bond donors (Lipinski definition) is 3. The maximum atomic E-state index is 13.0. The van der Waals surface area contributed by atoms with Gasteiger partial charge in [0.1, 0.15) is 22.9 Å². The molecule has 156 valence electrons. The van der Waals surface area contributed by atoms with Crippen LogP contribution >= 0.6 is 0 Å². The van der Waals surface area contributed by atoms with E-state index in [1.165, 1.54) is 0 Å². The van der Waals surface area contributed by atoms with Crippen LogP contribution in [0.25, 0.3) is 11.3 Å². The van der Waals surface area contributed by atoms with Crippen molar-refractivity contribution in [1.82, 2.24) is 15.1 Å². The Morgan fingerprint density at radius 3 is 2.63 bits per heavy atom. The molecule has 1 atom stereocenters. The van der Waals surface area contributed by atoms with Crippen molar-refractivity contribution in [2.75, 3.05) is 19.8 Å². The van der Waals surface area contributed by atoms with Gasteiger partial charge in [-0.1, -0.05) is 37.6 Å². The highest BCUT2D eigenvalue weighted by Crippen LogP contribution is 2.44. The Labute approximate surface area is 174 Å². The van der Waals surface area contributed by atoms with Gasteiger partial charge in [-0.25, -0.2) is 0 Å².